The molecule has 1 amide bonds. The van der Waals surface area contributed by atoms with Gasteiger partial charge in [0, 0.05) is 5.69 Å². The summed E-state index contributed by atoms with van der Waals surface area (Å²) in [5, 5.41) is 3.65. The minimum Gasteiger partial charge on any atom is -0.325 e. The van der Waals surface area contributed by atoms with Gasteiger partial charge in [-0.2, -0.15) is 0 Å². The van der Waals surface area contributed by atoms with E-state index in [2.05, 4.69) is 37.2 Å². The number of rotatable bonds is 4. The van der Waals surface area contributed by atoms with Gasteiger partial charge in [0.2, 0.25) is 5.91 Å². The number of nitrogens with one attached hydrogen (secondary N) is 1. The lowest BCUT2D eigenvalue weighted by Gasteiger charge is -2.17. The van der Waals surface area contributed by atoms with Crippen molar-refractivity contribution in [3.8, 4) is 0 Å². The molecule has 0 radical (unpaired) electrons. The summed E-state index contributed by atoms with van der Waals surface area (Å²) in [4.78, 5) is 11.7. The summed E-state index contributed by atoms with van der Waals surface area (Å²) in [6.07, 6.45) is 0. The summed E-state index contributed by atoms with van der Waals surface area (Å²) in [6, 6.07) is 14.7. The Morgan fingerprint density at radius 3 is 2.29 bits per heavy atom. The van der Waals surface area contributed by atoms with Crippen molar-refractivity contribution in [2.75, 3.05) is 5.32 Å². The molecular weight excluding hydrogens is 441 g/mol. The van der Waals surface area contributed by atoms with E-state index in [9.17, 15) is 4.79 Å². The normalized spacial score (nSPS) is 13.5. The maximum absolute atomic E-state index is 12.3. The van der Waals surface area contributed by atoms with Crippen LogP contribution in [-0.2, 0) is 4.79 Å². The number of anilines is 1. The van der Waals surface area contributed by atoms with Crippen molar-refractivity contribution in [1.82, 2.24) is 0 Å². The lowest BCUT2D eigenvalue weighted by Crippen LogP contribution is -2.26. The molecule has 0 saturated heterocycles. The van der Waals surface area contributed by atoms with Gasteiger partial charge in [-0.25, -0.2) is 0 Å². The number of carbonyl (C=O) groups is 1. The molecule has 2 atom stereocenters. The van der Waals surface area contributed by atoms with E-state index in [1.54, 1.807) is 18.2 Å². The molecule has 2 rings (SSSR count). The Morgan fingerprint density at radius 2 is 1.67 bits per heavy atom. The van der Waals surface area contributed by atoms with Crippen molar-refractivity contribution in [2.45, 2.75) is 9.65 Å². The molecule has 2 aromatic rings. The SMILES string of the molecule is O=C(Nc1ccc(Cl)c(Cl)c1)C(Br)C(Br)c1ccccc1. The van der Waals surface area contributed by atoms with Crippen LogP contribution in [0.25, 0.3) is 0 Å². The Balaban J connectivity index is 2.07. The fourth-order valence-electron chi connectivity index (χ4n) is 1.72. The fourth-order valence-corrected chi connectivity index (χ4v) is 2.99. The quantitative estimate of drug-likeness (QED) is 0.582. The van der Waals surface area contributed by atoms with Gasteiger partial charge in [0.05, 0.1) is 14.9 Å². The van der Waals surface area contributed by atoms with Gasteiger partial charge >= 0.3 is 0 Å². The Morgan fingerprint density at radius 1 is 1.00 bits per heavy atom. The van der Waals surface area contributed by atoms with Crippen LogP contribution in [0.3, 0.4) is 0 Å². The third kappa shape index (κ3) is 4.46. The van der Waals surface area contributed by atoms with Crippen LogP contribution in [0.5, 0.6) is 0 Å². The van der Waals surface area contributed by atoms with Crippen LogP contribution in [0.2, 0.25) is 10.0 Å². The zero-order valence-corrected chi connectivity index (χ0v) is 15.4. The molecule has 0 aromatic heterocycles. The zero-order chi connectivity index (χ0) is 15.4. The van der Waals surface area contributed by atoms with Crippen molar-refractivity contribution in [3.05, 3.63) is 64.1 Å². The highest BCUT2D eigenvalue weighted by molar-refractivity contribution is 9.12. The Kier molecular flexibility index (Phi) is 6.11. The topological polar surface area (TPSA) is 29.1 Å². The van der Waals surface area contributed by atoms with Gasteiger partial charge in [0.25, 0.3) is 0 Å². The Bertz CT molecular complexity index is 637. The Hall–Kier alpha value is -0.550. The van der Waals surface area contributed by atoms with Crippen LogP contribution in [0.15, 0.2) is 48.5 Å². The molecule has 0 spiro atoms. The molecule has 0 aliphatic heterocycles. The molecule has 0 aliphatic rings. The second-order valence-corrected chi connectivity index (χ2v) is 7.12. The molecule has 0 fully saturated rings. The molecule has 0 bridgehead atoms. The molecule has 2 aromatic carbocycles. The molecule has 0 aliphatic carbocycles. The maximum atomic E-state index is 12.3. The molecule has 0 saturated carbocycles. The number of halogens is 4. The monoisotopic (exact) mass is 449 g/mol. The van der Waals surface area contributed by atoms with Crippen molar-refractivity contribution < 1.29 is 4.79 Å². The van der Waals surface area contributed by atoms with Gasteiger partial charge in [0.15, 0.2) is 0 Å². The number of alkyl halides is 2. The summed E-state index contributed by atoms with van der Waals surface area (Å²) >= 11 is 18.7. The molecule has 110 valence electrons. The summed E-state index contributed by atoms with van der Waals surface area (Å²) in [5.41, 5.74) is 1.62. The maximum Gasteiger partial charge on any atom is 0.239 e. The predicted molar refractivity (Wildman–Crippen MR) is 95.9 cm³/mol. The fraction of sp³-hybridized carbons (Fsp3) is 0.133. The zero-order valence-electron chi connectivity index (χ0n) is 10.7. The third-order valence-corrected chi connectivity index (χ3v) is 6.26. The lowest BCUT2D eigenvalue weighted by molar-refractivity contribution is -0.115. The minimum atomic E-state index is -0.422. The van der Waals surface area contributed by atoms with Gasteiger partial charge in [-0.3, -0.25) is 4.79 Å². The number of hydrogen-bond donors (Lipinski definition) is 1. The summed E-state index contributed by atoms with van der Waals surface area (Å²) < 4.78 is 0. The van der Waals surface area contributed by atoms with E-state index in [0.29, 0.717) is 15.7 Å². The van der Waals surface area contributed by atoms with Crippen LogP contribution in [0, 0.1) is 0 Å². The van der Waals surface area contributed by atoms with Crippen LogP contribution >= 0.6 is 55.1 Å². The van der Waals surface area contributed by atoms with E-state index in [-0.39, 0.29) is 10.7 Å². The standard InChI is InChI=1S/C15H11Br2Cl2NO/c16-13(9-4-2-1-3-5-9)14(17)15(21)20-10-6-7-11(18)12(19)8-10/h1-8,13-14H,(H,20,21). The largest absolute Gasteiger partial charge is 0.325 e. The highest BCUT2D eigenvalue weighted by Gasteiger charge is 2.25. The first-order chi connectivity index (χ1) is 9.99. The smallest absolute Gasteiger partial charge is 0.239 e. The van der Waals surface area contributed by atoms with Gasteiger partial charge in [0.1, 0.15) is 4.83 Å². The van der Waals surface area contributed by atoms with Gasteiger partial charge in [-0.15, -0.1) is 0 Å². The average Bonchev–Trinajstić information content (AvgIpc) is 2.50. The van der Waals surface area contributed by atoms with Gasteiger partial charge < -0.3 is 5.32 Å². The number of hydrogen-bond acceptors (Lipinski definition) is 1. The molecule has 21 heavy (non-hydrogen) atoms. The van der Waals surface area contributed by atoms with E-state index < -0.39 is 4.83 Å². The van der Waals surface area contributed by atoms with E-state index in [1.165, 1.54) is 0 Å². The summed E-state index contributed by atoms with van der Waals surface area (Å²) in [6.45, 7) is 0. The first-order valence-electron chi connectivity index (χ1n) is 6.08. The number of benzene rings is 2. The van der Waals surface area contributed by atoms with Crippen molar-refractivity contribution >= 4 is 66.7 Å². The summed E-state index contributed by atoms with van der Waals surface area (Å²) in [7, 11) is 0. The van der Waals surface area contributed by atoms with Crippen LogP contribution in [-0.4, -0.2) is 10.7 Å². The van der Waals surface area contributed by atoms with Crippen LogP contribution in [0.1, 0.15) is 10.4 Å². The van der Waals surface area contributed by atoms with Gasteiger partial charge in [-0.05, 0) is 23.8 Å². The first-order valence-corrected chi connectivity index (χ1v) is 8.67. The van der Waals surface area contributed by atoms with Crippen molar-refractivity contribution in [3.63, 3.8) is 0 Å². The van der Waals surface area contributed by atoms with E-state index >= 15 is 0 Å². The second-order valence-electron chi connectivity index (χ2n) is 4.33. The number of carbonyl (C=O) groups excluding carboxylic acids is 1. The van der Waals surface area contributed by atoms with E-state index in [0.717, 1.165) is 5.56 Å². The molecular formula is C15H11Br2Cl2NO. The first kappa shape index (κ1) is 16.8. The van der Waals surface area contributed by atoms with Crippen LogP contribution in [0.4, 0.5) is 5.69 Å². The molecule has 0 heterocycles. The summed E-state index contributed by atoms with van der Waals surface area (Å²) in [5.74, 6) is -0.167. The third-order valence-electron chi connectivity index (χ3n) is 2.81. The average molecular weight is 452 g/mol. The molecule has 2 unspecified atom stereocenters. The molecule has 6 heteroatoms. The molecule has 1 N–H and O–H groups in total. The molecule has 2 nitrogen and oxygen atoms in total. The van der Waals surface area contributed by atoms with Crippen molar-refractivity contribution in [2.24, 2.45) is 0 Å². The second kappa shape index (κ2) is 7.63. The van der Waals surface area contributed by atoms with Crippen molar-refractivity contribution in [1.29, 1.82) is 0 Å². The Labute approximate surface area is 150 Å². The van der Waals surface area contributed by atoms with E-state index in [4.69, 9.17) is 23.2 Å². The van der Waals surface area contributed by atoms with Gasteiger partial charge in [-0.1, -0.05) is 85.4 Å². The predicted octanol–water partition coefficient (Wildman–Crippen LogP) is 5.83. The minimum absolute atomic E-state index is 0.138. The highest BCUT2D eigenvalue weighted by Crippen LogP contribution is 2.32. The number of amides is 1. The highest BCUT2D eigenvalue weighted by atomic mass is 79.9. The lowest BCUT2D eigenvalue weighted by atomic mass is 10.1. The van der Waals surface area contributed by atoms with Crippen LogP contribution < -0.4 is 5.32 Å². The van der Waals surface area contributed by atoms with E-state index in [1.807, 2.05) is 30.3 Å².